The van der Waals surface area contributed by atoms with Crippen LogP contribution in [-0.2, 0) is 13.1 Å². The van der Waals surface area contributed by atoms with Crippen molar-refractivity contribution in [1.29, 1.82) is 0 Å². The van der Waals surface area contributed by atoms with Crippen LogP contribution in [0.3, 0.4) is 0 Å². The van der Waals surface area contributed by atoms with Crippen molar-refractivity contribution >= 4 is 5.69 Å². The van der Waals surface area contributed by atoms with Gasteiger partial charge in [0, 0.05) is 37.0 Å². The molecule has 0 bridgehead atoms. The Kier molecular flexibility index (Phi) is 4.15. The number of anilines is 1. The van der Waals surface area contributed by atoms with Gasteiger partial charge in [-0.25, -0.2) is 0 Å². The summed E-state index contributed by atoms with van der Waals surface area (Å²) >= 11 is 0. The molecule has 4 nitrogen and oxygen atoms in total. The molecule has 0 radical (unpaired) electrons. The Morgan fingerprint density at radius 1 is 1.33 bits per heavy atom. The van der Waals surface area contributed by atoms with Gasteiger partial charge in [0.25, 0.3) is 0 Å². The van der Waals surface area contributed by atoms with E-state index >= 15 is 0 Å². The van der Waals surface area contributed by atoms with Crippen LogP contribution in [0, 0.1) is 0 Å². The molecule has 112 valence electrons. The molecule has 1 aromatic heterocycles. The van der Waals surface area contributed by atoms with Crippen LogP contribution in [0.4, 0.5) is 5.69 Å². The first kappa shape index (κ1) is 14.0. The van der Waals surface area contributed by atoms with Gasteiger partial charge in [0.15, 0.2) is 0 Å². The van der Waals surface area contributed by atoms with Crippen molar-refractivity contribution < 1.29 is 9.15 Å². The summed E-state index contributed by atoms with van der Waals surface area (Å²) in [7, 11) is 3.77. The van der Waals surface area contributed by atoms with Crippen molar-refractivity contribution in [3.8, 4) is 5.75 Å². The number of nitrogens with one attached hydrogen (secondary N) is 1. The molecule has 0 aliphatic heterocycles. The fourth-order valence-corrected chi connectivity index (χ4v) is 2.38. The zero-order valence-electron chi connectivity index (χ0n) is 12.6. The minimum Gasteiger partial charge on any atom is -0.497 e. The first-order valence-electron chi connectivity index (χ1n) is 7.40. The number of nitrogens with zero attached hydrogens (tertiary/aromatic N) is 1. The monoisotopic (exact) mass is 286 g/mol. The molecule has 21 heavy (non-hydrogen) atoms. The van der Waals surface area contributed by atoms with Gasteiger partial charge in [-0.1, -0.05) is 6.07 Å². The summed E-state index contributed by atoms with van der Waals surface area (Å²) in [5.41, 5.74) is 2.37. The Morgan fingerprint density at radius 3 is 2.95 bits per heavy atom. The molecule has 1 aliphatic carbocycles. The maximum Gasteiger partial charge on any atom is 0.122 e. The zero-order valence-corrected chi connectivity index (χ0v) is 12.6. The highest BCUT2D eigenvalue weighted by Gasteiger charge is 2.21. The highest BCUT2D eigenvalue weighted by Crippen LogP contribution is 2.24. The first-order valence-corrected chi connectivity index (χ1v) is 7.40. The molecule has 0 unspecified atom stereocenters. The molecule has 1 fully saturated rings. The van der Waals surface area contributed by atoms with E-state index in [-0.39, 0.29) is 0 Å². The first-order chi connectivity index (χ1) is 10.3. The maximum absolute atomic E-state index is 5.61. The Hall–Kier alpha value is -1.94. The second-order valence-corrected chi connectivity index (χ2v) is 5.58. The van der Waals surface area contributed by atoms with Crippen molar-refractivity contribution in [3.05, 3.63) is 47.9 Å². The minimum atomic E-state index is 0.694. The van der Waals surface area contributed by atoms with Gasteiger partial charge in [0.1, 0.15) is 11.5 Å². The van der Waals surface area contributed by atoms with E-state index in [0.717, 1.165) is 30.3 Å². The Morgan fingerprint density at radius 2 is 2.19 bits per heavy atom. The average molecular weight is 286 g/mol. The number of furan rings is 1. The van der Waals surface area contributed by atoms with E-state index in [1.807, 2.05) is 18.2 Å². The molecule has 4 heteroatoms. The standard InChI is InChI=1S/C17H22N2O2/c1-19(15-4-3-5-16(10-15)20-2)12-13-8-9-21-17(13)11-18-14-6-7-14/h3-5,8-10,14,18H,6-7,11-12H2,1-2H3. The highest BCUT2D eigenvalue weighted by atomic mass is 16.5. The molecule has 0 spiro atoms. The van der Waals surface area contributed by atoms with E-state index in [9.17, 15) is 0 Å². The second-order valence-electron chi connectivity index (χ2n) is 5.58. The highest BCUT2D eigenvalue weighted by molar-refractivity contribution is 5.50. The van der Waals surface area contributed by atoms with Crippen LogP contribution in [0.15, 0.2) is 41.0 Å². The summed E-state index contributed by atoms with van der Waals surface area (Å²) < 4.78 is 10.9. The third kappa shape index (κ3) is 3.58. The summed E-state index contributed by atoms with van der Waals surface area (Å²) in [6, 6.07) is 10.8. The summed E-state index contributed by atoms with van der Waals surface area (Å²) in [5, 5.41) is 3.50. The molecule has 1 N–H and O–H groups in total. The third-order valence-electron chi connectivity index (χ3n) is 3.87. The fourth-order valence-electron chi connectivity index (χ4n) is 2.38. The lowest BCUT2D eigenvalue weighted by Gasteiger charge is -2.20. The van der Waals surface area contributed by atoms with Crippen LogP contribution in [0.5, 0.6) is 5.75 Å². The summed E-state index contributed by atoms with van der Waals surface area (Å²) in [5.74, 6) is 1.92. The van der Waals surface area contributed by atoms with Crippen LogP contribution in [0.2, 0.25) is 0 Å². The van der Waals surface area contributed by atoms with E-state index in [1.165, 1.54) is 18.4 Å². The minimum absolute atomic E-state index is 0.694. The van der Waals surface area contributed by atoms with Gasteiger partial charge in [-0.2, -0.15) is 0 Å². The normalized spacial score (nSPS) is 14.2. The number of methoxy groups -OCH3 is 1. The molecule has 1 aliphatic rings. The number of ether oxygens (including phenoxy) is 1. The molecule has 0 atom stereocenters. The lowest BCUT2D eigenvalue weighted by atomic mass is 10.2. The van der Waals surface area contributed by atoms with E-state index < -0.39 is 0 Å². The van der Waals surface area contributed by atoms with Crippen molar-refractivity contribution in [2.75, 3.05) is 19.1 Å². The van der Waals surface area contributed by atoms with E-state index in [1.54, 1.807) is 13.4 Å². The predicted octanol–water partition coefficient (Wildman–Crippen LogP) is 3.18. The van der Waals surface area contributed by atoms with Crippen molar-refractivity contribution in [3.63, 3.8) is 0 Å². The zero-order chi connectivity index (χ0) is 14.7. The van der Waals surface area contributed by atoms with Crippen LogP contribution in [-0.4, -0.2) is 20.2 Å². The number of hydrogen-bond acceptors (Lipinski definition) is 4. The molecule has 1 aromatic carbocycles. The average Bonchev–Trinajstić information content (AvgIpc) is 3.25. The van der Waals surface area contributed by atoms with Crippen LogP contribution in [0.1, 0.15) is 24.2 Å². The molecule has 0 saturated heterocycles. The van der Waals surface area contributed by atoms with Gasteiger partial charge in [0.05, 0.1) is 19.9 Å². The molecular formula is C17H22N2O2. The molecule has 1 heterocycles. The second kappa shape index (κ2) is 6.22. The van der Waals surface area contributed by atoms with Crippen LogP contribution < -0.4 is 15.0 Å². The number of benzene rings is 1. The Labute approximate surface area is 125 Å². The number of rotatable bonds is 7. The van der Waals surface area contributed by atoms with Gasteiger partial charge in [-0.3, -0.25) is 0 Å². The molecule has 3 rings (SSSR count). The predicted molar refractivity (Wildman–Crippen MR) is 83.7 cm³/mol. The molecule has 1 saturated carbocycles. The fraction of sp³-hybridized carbons (Fsp3) is 0.412. The quantitative estimate of drug-likeness (QED) is 0.848. The van der Waals surface area contributed by atoms with Crippen LogP contribution in [0.25, 0.3) is 0 Å². The van der Waals surface area contributed by atoms with Gasteiger partial charge in [-0.05, 0) is 31.0 Å². The van der Waals surface area contributed by atoms with E-state index in [0.29, 0.717) is 6.04 Å². The summed E-state index contributed by atoms with van der Waals surface area (Å²) in [4.78, 5) is 2.20. The maximum atomic E-state index is 5.61. The van der Waals surface area contributed by atoms with E-state index in [2.05, 4.69) is 29.4 Å². The molecule has 2 aromatic rings. The van der Waals surface area contributed by atoms with Crippen molar-refractivity contribution in [1.82, 2.24) is 5.32 Å². The van der Waals surface area contributed by atoms with Crippen molar-refractivity contribution in [2.45, 2.75) is 32.0 Å². The third-order valence-corrected chi connectivity index (χ3v) is 3.87. The lowest BCUT2D eigenvalue weighted by molar-refractivity contribution is 0.415. The van der Waals surface area contributed by atoms with Crippen molar-refractivity contribution in [2.24, 2.45) is 0 Å². The SMILES string of the molecule is COc1cccc(N(C)Cc2ccoc2CNC2CC2)c1. The Balaban J connectivity index is 1.65. The smallest absolute Gasteiger partial charge is 0.122 e. The van der Waals surface area contributed by atoms with Gasteiger partial charge >= 0.3 is 0 Å². The summed E-state index contributed by atoms with van der Waals surface area (Å²) in [6.45, 7) is 1.64. The van der Waals surface area contributed by atoms with Crippen LogP contribution >= 0.6 is 0 Å². The number of hydrogen-bond donors (Lipinski definition) is 1. The summed E-state index contributed by atoms with van der Waals surface area (Å²) in [6.07, 6.45) is 4.36. The molecule has 0 amide bonds. The topological polar surface area (TPSA) is 37.6 Å². The lowest BCUT2D eigenvalue weighted by Crippen LogP contribution is -2.19. The molecular weight excluding hydrogens is 264 g/mol. The van der Waals surface area contributed by atoms with E-state index in [4.69, 9.17) is 9.15 Å². The van der Waals surface area contributed by atoms with Gasteiger partial charge < -0.3 is 19.4 Å². The Bertz CT molecular complexity index is 590. The van der Waals surface area contributed by atoms with Gasteiger partial charge in [0.2, 0.25) is 0 Å². The van der Waals surface area contributed by atoms with Gasteiger partial charge in [-0.15, -0.1) is 0 Å². The largest absolute Gasteiger partial charge is 0.497 e.